The average Bonchev–Trinajstić information content (AvgIpc) is 2.93. The van der Waals surface area contributed by atoms with Gasteiger partial charge in [-0.2, -0.15) is 0 Å². The molecule has 4 aromatic rings. The quantitative estimate of drug-likeness (QED) is 0.280. The number of nitrogens with zero attached hydrogens (tertiary/aromatic N) is 1. The number of carbonyl (C=O) groups excluding carboxylic acids is 2. The van der Waals surface area contributed by atoms with Crippen molar-refractivity contribution in [1.82, 2.24) is 0 Å². The molecular formula is C30H28N2O4. The molecule has 6 nitrogen and oxygen atoms in total. The number of benzene rings is 4. The molecule has 0 aliphatic carbocycles. The summed E-state index contributed by atoms with van der Waals surface area (Å²) >= 11 is 0. The Morgan fingerprint density at radius 1 is 0.667 bits per heavy atom. The van der Waals surface area contributed by atoms with Crippen LogP contribution in [0.3, 0.4) is 0 Å². The number of carbonyl (C=O) groups is 2. The summed E-state index contributed by atoms with van der Waals surface area (Å²) < 4.78 is 11.3. The Hall–Kier alpha value is -4.58. The van der Waals surface area contributed by atoms with Crippen molar-refractivity contribution in [3.63, 3.8) is 0 Å². The summed E-state index contributed by atoms with van der Waals surface area (Å²) in [5, 5.41) is 2.86. The van der Waals surface area contributed by atoms with E-state index in [0.29, 0.717) is 42.3 Å². The first-order valence-electron chi connectivity index (χ1n) is 11.8. The second-order valence-corrected chi connectivity index (χ2v) is 7.95. The first kappa shape index (κ1) is 24.5. The van der Waals surface area contributed by atoms with Gasteiger partial charge < -0.3 is 19.7 Å². The second-order valence-electron chi connectivity index (χ2n) is 7.95. The Balaban J connectivity index is 1.28. The molecule has 0 aromatic heterocycles. The second kappa shape index (κ2) is 12.2. The van der Waals surface area contributed by atoms with Crippen LogP contribution in [-0.2, 0) is 0 Å². The predicted octanol–water partition coefficient (Wildman–Crippen LogP) is 6.06. The number of amides is 2. The van der Waals surface area contributed by atoms with E-state index in [4.69, 9.17) is 9.47 Å². The highest BCUT2D eigenvalue weighted by atomic mass is 16.5. The molecule has 2 amide bonds. The average molecular weight is 481 g/mol. The number of nitrogens with one attached hydrogen (secondary N) is 1. The monoisotopic (exact) mass is 480 g/mol. The number of anilines is 2. The van der Waals surface area contributed by atoms with Gasteiger partial charge in [0.05, 0.1) is 0 Å². The Bertz CT molecular complexity index is 1260. The lowest BCUT2D eigenvalue weighted by atomic mass is 10.1. The summed E-state index contributed by atoms with van der Waals surface area (Å²) in [6, 6.07) is 32.9. The van der Waals surface area contributed by atoms with Gasteiger partial charge in [0.2, 0.25) is 0 Å². The molecule has 36 heavy (non-hydrogen) atoms. The summed E-state index contributed by atoms with van der Waals surface area (Å²) in [6.07, 6.45) is 0. The topological polar surface area (TPSA) is 67.9 Å². The molecule has 0 atom stereocenters. The summed E-state index contributed by atoms with van der Waals surface area (Å²) in [6.45, 7) is 3.31. The molecule has 0 heterocycles. The fourth-order valence-corrected chi connectivity index (χ4v) is 3.64. The lowest BCUT2D eigenvalue weighted by Gasteiger charge is -2.21. The molecule has 182 valence electrons. The van der Waals surface area contributed by atoms with Crippen LogP contribution in [-0.4, -0.2) is 31.6 Å². The highest BCUT2D eigenvalue weighted by Gasteiger charge is 2.16. The molecular weight excluding hydrogens is 452 g/mol. The van der Waals surface area contributed by atoms with E-state index in [9.17, 15) is 9.59 Å². The zero-order chi connectivity index (χ0) is 25.2. The van der Waals surface area contributed by atoms with Crippen LogP contribution in [0.25, 0.3) is 0 Å². The maximum Gasteiger partial charge on any atom is 0.258 e. The Kier molecular flexibility index (Phi) is 8.33. The number of para-hydroxylation sites is 2. The molecule has 4 rings (SSSR count). The van der Waals surface area contributed by atoms with Crippen LogP contribution in [0.4, 0.5) is 11.4 Å². The molecule has 0 radical (unpaired) electrons. The van der Waals surface area contributed by atoms with Crippen LogP contribution in [0.15, 0.2) is 109 Å². The van der Waals surface area contributed by atoms with E-state index in [0.717, 1.165) is 11.4 Å². The van der Waals surface area contributed by atoms with Crippen LogP contribution >= 0.6 is 0 Å². The molecule has 0 saturated heterocycles. The fourth-order valence-electron chi connectivity index (χ4n) is 3.64. The standard InChI is InChI=1S/C30H28N2O4/c1-2-32(26-9-5-3-6-10-26)30(34)24-13-17-25(18-14-24)31-29(33)23-15-19-28(20-16-23)36-22-21-35-27-11-7-4-8-12-27/h3-20H,2,21-22H2,1H3,(H,31,33). The molecule has 0 spiro atoms. The van der Waals surface area contributed by atoms with Gasteiger partial charge in [-0.15, -0.1) is 0 Å². The van der Waals surface area contributed by atoms with E-state index >= 15 is 0 Å². The van der Waals surface area contributed by atoms with E-state index in [1.54, 1.807) is 53.4 Å². The lowest BCUT2D eigenvalue weighted by Crippen LogP contribution is -2.30. The van der Waals surface area contributed by atoms with Gasteiger partial charge in [0, 0.05) is 29.0 Å². The largest absolute Gasteiger partial charge is 0.490 e. The van der Waals surface area contributed by atoms with Gasteiger partial charge in [-0.25, -0.2) is 0 Å². The molecule has 1 N–H and O–H groups in total. The third kappa shape index (κ3) is 6.51. The van der Waals surface area contributed by atoms with Gasteiger partial charge in [-0.3, -0.25) is 9.59 Å². The van der Waals surface area contributed by atoms with E-state index in [1.165, 1.54) is 0 Å². The minimum atomic E-state index is -0.243. The van der Waals surface area contributed by atoms with Crippen molar-refractivity contribution in [3.05, 3.63) is 120 Å². The van der Waals surface area contributed by atoms with Gasteiger partial charge in [-0.1, -0.05) is 36.4 Å². The van der Waals surface area contributed by atoms with Crippen molar-refractivity contribution in [3.8, 4) is 11.5 Å². The predicted molar refractivity (Wildman–Crippen MR) is 142 cm³/mol. The van der Waals surface area contributed by atoms with E-state index in [-0.39, 0.29) is 11.8 Å². The van der Waals surface area contributed by atoms with E-state index in [1.807, 2.05) is 67.6 Å². The molecule has 0 bridgehead atoms. The molecule has 0 fully saturated rings. The number of rotatable bonds is 10. The first-order valence-corrected chi connectivity index (χ1v) is 11.8. The molecule has 6 heteroatoms. The van der Waals surface area contributed by atoms with Crippen LogP contribution in [0.1, 0.15) is 27.6 Å². The fraction of sp³-hybridized carbons (Fsp3) is 0.133. The summed E-state index contributed by atoms with van der Waals surface area (Å²) in [5.41, 5.74) is 2.51. The van der Waals surface area contributed by atoms with Crippen molar-refractivity contribution < 1.29 is 19.1 Å². The minimum absolute atomic E-state index is 0.0914. The normalized spacial score (nSPS) is 10.4. The highest BCUT2D eigenvalue weighted by Crippen LogP contribution is 2.19. The van der Waals surface area contributed by atoms with Gasteiger partial charge in [0.1, 0.15) is 24.7 Å². The van der Waals surface area contributed by atoms with Crippen molar-refractivity contribution in [1.29, 1.82) is 0 Å². The third-order valence-electron chi connectivity index (χ3n) is 5.50. The maximum atomic E-state index is 12.9. The summed E-state index contributed by atoms with van der Waals surface area (Å²) in [5.74, 6) is 1.12. The SMILES string of the molecule is CCN(C(=O)c1ccc(NC(=O)c2ccc(OCCOc3ccccc3)cc2)cc1)c1ccccc1. The van der Waals surface area contributed by atoms with E-state index < -0.39 is 0 Å². The Morgan fingerprint density at radius 3 is 1.78 bits per heavy atom. The zero-order valence-corrected chi connectivity index (χ0v) is 20.1. The van der Waals surface area contributed by atoms with Crippen molar-refractivity contribution >= 4 is 23.2 Å². The summed E-state index contributed by atoms with van der Waals surface area (Å²) in [7, 11) is 0. The third-order valence-corrected chi connectivity index (χ3v) is 5.50. The van der Waals surface area contributed by atoms with Crippen molar-refractivity contribution in [2.45, 2.75) is 6.92 Å². The van der Waals surface area contributed by atoms with Crippen molar-refractivity contribution in [2.75, 3.05) is 30.0 Å². The minimum Gasteiger partial charge on any atom is -0.490 e. The Labute approximate surface area is 211 Å². The molecule has 4 aromatic carbocycles. The van der Waals surface area contributed by atoms with Gasteiger partial charge in [0.25, 0.3) is 11.8 Å². The van der Waals surface area contributed by atoms with Crippen LogP contribution in [0, 0.1) is 0 Å². The van der Waals surface area contributed by atoms with Crippen LogP contribution < -0.4 is 19.7 Å². The number of hydrogen-bond donors (Lipinski definition) is 1. The van der Waals surface area contributed by atoms with Crippen molar-refractivity contribution in [2.24, 2.45) is 0 Å². The zero-order valence-electron chi connectivity index (χ0n) is 20.1. The molecule has 0 aliphatic rings. The number of hydrogen-bond acceptors (Lipinski definition) is 4. The smallest absolute Gasteiger partial charge is 0.258 e. The Morgan fingerprint density at radius 2 is 1.19 bits per heavy atom. The van der Waals surface area contributed by atoms with Crippen LogP contribution in [0.2, 0.25) is 0 Å². The molecule has 0 saturated carbocycles. The maximum absolute atomic E-state index is 12.9. The lowest BCUT2D eigenvalue weighted by molar-refractivity contribution is 0.0987. The van der Waals surface area contributed by atoms with E-state index in [2.05, 4.69) is 5.32 Å². The van der Waals surface area contributed by atoms with Crippen LogP contribution in [0.5, 0.6) is 11.5 Å². The molecule has 0 aliphatic heterocycles. The van der Waals surface area contributed by atoms with Gasteiger partial charge in [0.15, 0.2) is 0 Å². The summed E-state index contributed by atoms with van der Waals surface area (Å²) in [4.78, 5) is 27.3. The first-order chi connectivity index (χ1) is 17.6. The number of ether oxygens (including phenoxy) is 2. The molecule has 0 unspecified atom stereocenters. The highest BCUT2D eigenvalue weighted by molar-refractivity contribution is 6.07. The van der Waals surface area contributed by atoms with Gasteiger partial charge in [-0.05, 0) is 79.7 Å². The van der Waals surface area contributed by atoms with Gasteiger partial charge >= 0.3 is 0 Å².